The van der Waals surface area contributed by atoms with E-state index in [-0.39, 0.29) is 5.92 Å². The lowest BCUT2D eigenvalue weighted by Crippen LogP contribution is -2.61. The van der Waals surface area contributed by atoms with Gasteiger partial charge in [-0.05, 0) is 25.7 Å². The monoisotopic (exact) mass is 418 g/mol. The molecule has 7 atom stereocenters. The second kappa shape index (κ2) is 9.50. The van der Waals surface area contributed by atoms with Crippen LogP contribution >= 0.6 is 0 Å². The first-order valence-corrected chi connectivity index (χ1v) is 9.58. The Labute approximate surface area is 168 Å². The van der Waals surface area contributed by atoms with Crippen LogP contribution in [-0.2, 0) is 23.8 Å². The van der Waals surface area contributed by atoms with Crippen molar-refractivity contribution in [2.75, 3.05) is 6.61 Å². The van der Waals surface area contributed by atoms with Crippen molar-refractivity contribution in [2.45, 2.75) is 82.4 Å². The van der Waals surface area contributed by atoms with Gasteiger partial charge in [0.2, 0.25) is 0 Å². The van der Waals surface area contributed by atoms with E-state index in [0.29, 0.717) is 12.8 Å². The van der Waals surface area contributed by atoms with Crippen LogP contribution in [0.25, 0.3) is 0 Å². The van der Waals surface area contributed by atoms with Crippen LogP contribution in [0.3, 0.4) is 0 Å². The van der Waals surface area contributed by atoms with Crippen LogP contribution in [-0.4, -0.2) is 86.5 Å². The maximum atomic E-state index is 11.4. The average molecular weight is 418 g/mol. The largest absolute Gasteiger partial charge is 0.481 e. The van der Waals surface area contributed by atoms with E-state index < -0.39 is 67.4 Å². The van der Waals surface area contributed by atoms with E-state index in [0.717, 1.165) is 5.57 Å². The molecule has 29 heavy (non-hydrogen) atoms. The molecule has 0 aromatic carbocycles. The predicted octanol–water partition coefficient (Wildman–Crippen LogP) is -0.676. The fourth-order valence-corrected chi connectivity index (χ4v) is 3.32. The molecule has 1 heterocycles. The molecule has 1 saturated heterocycles. The van der Waals surface area contributed by atoms with Gasteiger partial charge in [0.1, 0.15) is 43.5 Å². The Kier molecular flexibility index (Phi) is 7.77. The van der Waals surface area contributed by atoms with Gasteiger partial charge in [0.05, 0.1) is 5.60 Å². The SMILES string of the molecule is CC(C)C1=C[C@H](O[C@@H]2O[C@H](COC(=O)CC(=O)O)[C@@H](O)[C@@H](O)[C@H]2O)[C@](C)(O)CC1. The van der Waals surface area contributed by atoms with E-state index >= 15 is 0 Å². The Hall–Kier alpha value is -1.56. The fourth-order valence-electron chi connectivity index (χ4n) is 3.32. The summed E-state index contributed by atoms with van der Waals surface area (Å²) in [4.78, 5) is 21.9. The van der Waals surface area contributed by atoms with Crippen molar-refractivity contribution in [3.8, 4) is 0 Å². The highest BCUT2D eigenvalue weighted by atomic mass is 16.7. The molecular weight excluding hydrogens is 388 g/mol. The minimum atomic E-state index is -1.65. The van der Waals surface area contributed by atoms with Crippen LogP contribution in [0.15, 0.2) is 11.6 Å². The van der Waals surface area contributed by atoms with E-state index in [9.17, 15) is 30.0 Å². The second-order valence-electron chi connectivity index (χ2n) is 8.08. The summed E-state index contributed by atoms with van der Waals surface area (Å²) in [7, 11) is 0. The number of carboxylic acids is 1. The van der Waals surface area contributed by atoms with E-state index in [1.54, 1.807) is 13.0 Å². The molecule has 0 radical (unpaired) electrons. The summed E-state index contributed by atoms with van der Waals surface area (Å²) in [6.45, 7) is 5.08. The fraction of sp³-hybridized carbons (Fsp3) is 0.789. The van der Waals surface area contributed by atoms with Crippen molar-refractivity contribution in [2.24, 2.45) is 5.92 Å². The Balaban J connectivity index is 2.09. The van der Waals surface area contributed by atoms with Crippen molar-refractivity contribution < 1.29 is 49.3 Å². The Morgan fingerprint density at radius 2 is 1.90 bits per heavy atom. The van der Waals surface area contributed by atoms with Crippen molar-refractivity contribution >= 4 is 11.9 Å². The molecular formula is C19H30O10. The van der Waals surface area contributed by atoms with Gasteiger partial charge in [0.25, 0.3) is 0 Å². The number of hydrogen-bond donors (Lipinski definition) is 5. The molecule has 0 amide bonds. The van der Waals surface area contributed by atoms with Crippen molar-refractivity contribution in [3.63, 3.8) is 0 Å². The summed E-state index contributed by atoms with van der Waals surface area (Å²) in [6.07, 6.45) is -6.29. The van der Waals surface area contributed by atoms with Crippen molar-refractivity contribution in [1.29, 1.82) is 0 Å². The van der Waals surface area contributed by atoms with Crippen LogP contribution < -0.4 is 0 Å². The van der Waals surface area contributed by atoms with Gasteiger partial charge >= 0.3 is 11.9 Å². The third kappa shape index (κ3) is 5.97. The first-order chi connectivity index (χ1) is 13.4. The van der Waals surface area contributed by atoms with Crippen LogP contribution in [0.5, 0.6) is 0 Å². The Morgan fingerprint density at radius 1 is 1.24 bits per heavy atom. The zero-order valence-electron chi connectivity index (χ0n) is 16.7. The molecule has 0 aromatic rings. The highest BCUT2D eigenvalue weighted by molar-refractivity contribution is 5.90. The second-order valence-corrected chi connectivity index (χ2v) is 8.08. The molecule has 10 nitrogen and oxygen atoms in total. The molecule has 166 valence electrons. The first kappa shape index (κ1) is 23.7. The minimum Gasteiger partial charge on any atom is -0.481 e. The Morgan fingerprint density at radius 3 is 2.48 bits per heavy atom. The number of carbonyl (C=O) groups is 2. The number of allylic oxidation sites excluding steroid dienone is 1. The number of rotatable bonds is 7. The molecule has 5 N–H and O–H groups in total. The zero-order valence-corrected chi connectivity index (χ0v) is 16.7. The normalized spacial score (nSPS) is 37.9. The molecule has 1 aliphatic heterocycles. The maximum Gasteiger partial charge on any atom is 0.317 e. The molecule has 0 unspecified atom stereocenters. The summed E-state index contributed by atoms with van der Waals surface area (Å²) < 4.78 is 16.0. The zero-order chi connectivity index (χ0) is 21.9. The Bertz CT molecular complexity index is 628. The number of carboxylic acid groups (broad SMARTS) is 1. The number of aliphatic hydroxyl groups excluding tert-OH is 3. The van der Waals surface area contributed by atoms with Gasteiger partial charge in [0.15, 0.2) is 6.29 Å². The number of hydrogen-bond acceptors (Lipinski definition) is 9. The maximum absolute atomic E-state index is 11.4. The van der Waals surface area contributed by atoms with Crippen LogP contribution in [0.2, 0.25) is 0 Å². The number of ether oxygens (including phenoxy) is 3. The van der Waals surface area contributed by atoms with Gasteiger partial charge in [-0.1, -0.05) is 25.5 Å². The molecule has 2 aliphatic rings. The lowest BCUT2D eigenvalue weighted by atomic mass is 9.81. The van der Waals surface area contributed by atoms with Crippen molar-refractivity contribution in [3.05, 3.63) is 11.6 Å². The lowest BCUT2D eigenvalue weighted by molar-refractivity contribution is -0.318. The summed E-state index contributed by atoms with van der Waals surface area (Å²) >= 11 is 0. The average Bonchev–Trinajstić information content (AvgIpc) is 2.61. The minimum absolute atomic E-state index is 0.239. The topological polar surface area (TPSA) is 163 Å². The van der Waals surface area contributed by atoms with Crippen LogP contribution in [0, 0.1) is 5.92 Å². The summed E-state index contributed by atoms with van der Waals surface area (Å²) in [5.41, 5.74) is -0.155. The van der Waals surface area contributed by atoms with Crippen LogP contribution in [0.1, 0.15) is 40.0 Å². The van der Waals surface area contributed by atoms with Crippen molar-refractivity contribution in [1.82, 2.24) is 0 Å². The number of esters is 1. The third-order valence-electron chi connectivity index (χ3n) is 5.29. The number of aliphatic carboxylic acids is 1. The van der Waals surface area contributed by atoms with E-state index in [1.165, 1.54) is 0 Å². The summed E-state index contributed by atoms with van der Waals surface area (Å²) in [6, 6.07) is 0. The van der Waals surface area contributed by atoms with Gasteiger partial charge in [0, 0.05) is 0 Å². The van der Waals surface area contributed by atoms with Gasteiger partial charge in [-0.2, -0.15) is 0 Å². The molecule has 1 aliphatic carbocycles. The van der Waals surface area contributed by atoms with E-state index in [4.69, 9.17) is 19.3 Å². The quantitative estimate of drug-likeness (QED) is 0.203. The highest BCUT2D eigenvalue weighted by Gasteiger charge is 2.47. The van der Waals surface area contributed by atoms with Gasteiger partial charge < -0.3 is 39.7 Å². The molecule has 10 heteroatoms. The molecule has 0 aromatic heterocycles. The lowest BCUT2D eigenvalue weighted by Gasteiger charge is -2.44. The van der Waals surface area contributed by atoms with Crippen LogP contribution in [0.4, 0.5) is 0 Å². The highest BCUT2D eigenvalue weighted by Crippen LogP contribution is 2.35. The van der Waals surface area contributed by atoms with E-state index in [2.05, 4.69) is 0 Å². The molecule has 1 fully saturated rings. The molecule has 0 saturated carbocycles. The predicted molar refractivity (Wildman–Crippen MR) is 97.5 cm³/mol. The van der Waals surface area contributed by atoms with Gasteiger partial charge in [-0.15, -0.1) is 0 Å². The molecule has 0 bridgehead atoms. The van der Waals surface area contributed by atoms with Gasteiger partial charge in [-0.3, -0.25) is 9.59 Å². The summed E-state index contributed by atoms with van der Waals surface area (Å²) in [5, 5.41) is 49.7. The van der Waals surface area contributed by atoms with Gasteiger partial charge in [-0.25, -0.2) is 0 Å². The number of carbonyl (C=O) groups excluding carboxylic acids is 1. The first-order valence-electron chi connectivity index (χ1n) is 9.58. The van der Waals surface area contributed by atoms with E-state index in [1.807, 2.05) is 13.8 Å². The smallest absolute Gasteiger partial charge is 0.317 e. The summed E-state index contributed by atoms with van der Waals surface area (Å²) in [5.74, 6) is -2.17. The number of aliphatic hydroxyl groups is 4. The molecule has 2 rings (SSSR count). The third-order valence-corrected chi connectivity index (χ3v) is 5.29. The molecule has 0 spiro atoms. The standard InChI is InChI=1S/C19H30O10/c1-9(2)10-4-5-19(3,26)12(6-10)29-18-17(25)16(24)15(23)11(28-18)8-27-14(22)7-13(20)21/h6,9,11-12,15-18,23-26H,4-5,7-8H2,1-3H3,(H,20,21)/t11-,12+,15-,16-,17-,18+,19-/m1/s1.